The summed E-state index contributed by atoms with van der Waals surface area (Å²) in [7, 11) is -1.44. The van der Waals surface area contributed by atoms with Gasteiger partial charge in [-0.05, 0) is 36.3 Å². The van der Waals surface area contributed by atoms with E-state index in [4.69, 9.17) is 0 Å². The van der Waals surface area contributed by atoms with E-state index in [0.29, 0.717) is 30.1 Å². The monoisotopic (exact) mass is 373 g/mol. The smallest absolute Gasteiger partial charge is 0.269 e. The van der Waals surface area contributed by atoms with Gasteiger partial charge in [0.15, 0.2) is 9.84 Å². The molecule has 0 fully saturated rings. The molecule has 1 aromatic heterocycles. The van der Waals surface area contributed by atoms with Crippen LogP contribution in [-0.4, -0.2) is 36.4 Å². The summed E-state index contributed by atoms with van der Waals surface area (Å²) >= 11 is 0. The minimum absolute atomic E-state index is 0.0884. The molecule has 1 atom stereocenters. The van der Waals surface area contributed by atoms with E-state index in [-0.39, 0.29) is 17.4 Å². The van der Waals surface area contributed by atoms with Gasteiger partial charge in [0, 0.05) is 25.6 Å². The normalized spacial score (nSPS) is 20.4. The Morgan fingerprint density at radius 1 is 1.31 bits per heavy atom. The van der Waals surface area contributed by atoms with Crippen molar-refractivity contribution in [2.24, 2.45) is 7.05 Å². The highest BCUT2D eigenvalue weighted by Crippen LogP contribution is 2.34. The molecule has 138 valence electrons. The van der Waals surface area contributed by atoms with Gasteiger partial charge in [0.1, 0.15) is 5.69 Å². The van der Waals surface area contributed by atoms with Crippen molar-refractivity contribution in [2.45, 2.75) is 37.4 Å². The van der Waals surface area contributed by atoms with Gasteiger partial charge in [-0.15, -0.1) is 0 Å². The Bertz CT molecular complexity index is 962. The summed E-state index contributed by atoms with van der Waals surface area (Å²) in [6, 6.07) is 8.49. The first-order chi connectivity index (χ1) is 12.4. The molecule has 0 radical (unpaired) electrons. The number of rotatable bonds is 4. The van der Waals surface area contributed by atoms with Gasteiger partial charge in [-0.2, -0.15) is 5.10 Å². The van der Waals surface area contributed by atoms with E-state index < -0.39 is 9.84 Å². The van der Waals surface area contributed by atoms with Gasteiger partial charge in [0.05, 0.1) is 17.2 Å². The van der Waals surface area contributed by atoms with Crippen molar-refractivity contribution in [1.29, 1.82) is 0 Å². The van der Waals surface area contributed by atoms with Crippen LogP contribution >= 0.6 is 0 Å². The molecule has 1 aliphatic heterocycles. The lowest BCUT2D eigenvalue weighted by molar-refractivity contribution is 0.0942. The average Bonchev–Trinajstić information content (AvgIpc) is 3.14. The molecule has 2 aliphatic rings. The molecule has 0 saturated heterocycles. The minimum Gasteiger partial charge on any atom is -0.351 e. The van der Waals surface area contributed by atoms with Crippen molar-refractivity contribution in [3.8, 4) is 0 Å². The fourth-order valence-electron chi connectivity index (χ4n) is 4.19. The average molecular weight is 373 g/mol. The Morgan fingerprint density at radius 3 is 2.96 bits per heavy atom. The minimum atomic E-state index is -3.14. The van der Waals surface area contributed by atoms with Gasteiger partial charge < -0.3 is 5.32 Å². The first kappa shape index (κ1) is 17.3. The third kappa shape index (κ3) is 3.16. The zero-order valence-corrected chi connectivity index (χ0v) is 15.7. The highest BCUT2D eigenvalue weighted by molar-refractivity contribution is 7.90. The van der Waals surface area contributed by atoms with Crippen molar-refractivity contribution in [1.82, 2.24) is 15.1 Å². The first-order valence-corrected chi connectivity index (χ1v) is 10.9. The van der Waals surface area contributed by atoms with Crippen LogP contribution in [0.2, 0.25) is 0 Å². The number of sulfone groups is 1. The number of nitrogens with zero attached hydrogens (tertiary/aromatic N) is 2. The van der Waals surface area contributed by atoms with E-state index in [1.54, 1.807) is 7.05 Å². The third-order valence-corrected chi connectivity index (χ3v) is 7.05. The molecule has 0 spiro atoms. The Kier molecular flexibility index (Phi) is 4.34. The van der Waals surface area contributed by atoms with Crippen molar-refractivity contribution in [3.05, 3.63) is 52.3 Å². The lowest BCUT2D eigenvalue weighted by atomic mass is 9.98. The predicted molar refractivity (Wildman–Crippen MR) is 98.9 cm³/mol. The largest absolute Gasteiger partial charge is 0.351 e. The predicted octanol–water partition coefficient (Wildman–Crippen LogP) is 1.74. The summed E-state index contributed by atoms with van der Waals surface area (Å²) in [6.45, 7) is 0.574. The van der Waals surface area contributed by atoms with Crippen LogP contribution in [0.15, 0.2) is 24.3 Å². The standard InChI is InChI=1S/C19H23N3O3S/c1-22-18(16-12-26(24,25)11-9-17(16)21-22)19(23)20-10-8-14-7-6-13-4-2-3-5-15(13)14/h2-5,14H,6-12H2,1H3,(H,20,23)/t14-/m1/s1. The van der Waals surface area contributed by atoms with E-state index in [2.05, 4.69) is 34.7 Å². The van der Waals surface area contributed by atoms with Gasteiger partial charge in [0.2, 0.25) is 0 Å². The number of carbonyl (C=O) groups excluding carboxylic acids is 1. The maximum Gasteiger partial charge on any atom is 0.269 e. The fourth-order valence-corrected chi connectivity index (χ4v) is 5.58. The maximum absolute atomic E-state index is 12.7. The third-order valence-electron chi connectivity index (χ3n) is 5.49. The number of aromatic nitrogens is 2. The zero-order chi connectivity index (χ0) is 18.3. The van der Waals surface area contributed by atoms with Crippen LogP contribution < -0.4 is 5.32 Å². The summed E-state index contributed by atoms with van der Waals surface area (Å²) in [5.74, 6) is 0.269. The zero-order valence-electron chi connectivity index (χ0n) is 14.9. The Morgan fingerprint density at radius 2 is 2.12 bits per heavy atom. The number of hydrogen-bond acceptors (Lipinski definition) is 4. The Labute approximate surface area is 153 Å². The quantitative estimate of drug-likeness (QED) is 0.885. The molecule has 1 amide bonds. The number of carbonyl (C=O) groups is 1. The highest BCUT2D eigenvalue weighted by atomic mass is 32.2. The summed E-state index contributed by atoms with van der Waals surface area (Å²) in [6.07, 6.45) is 3.50. The van der Waals surface area contributed by atoms with E-state index in [1.165, 1.54) is 15.8 Å². The molecule has 6 nitrogen and oxygen atoms in total. The lowest BCUT2D eigenvalue weighted by Crippen LogP contribution is -2.29. The molecule has 1 aromatic carbocycles. The van der Waals surface area contributed by atoms with Crippen LogP contribution in [0.1, 0.15) is 51.6 Å². The molecule has 4 rings (SSSR count). The number of fused-ring (bicyclic) bond motifs is 2. The van der Waals surface area contributed by atoms with Crippen molar-refractivity contribution in [3.63, 3.8) is 0 Å². The van der Waals surface area contributed by atoms with Crippen LogP contribution in [0.4, 0.5) is 0 Å². The van der Waals surface area contributed by atoms with Crippen LogP contribution in [0.3, 0.4) is 0 Å². The van der Waals surface area contributed by atoms with Gasteiger partial charge in [-0.25, -0.2) is 8.42 Å². The highest BCUT2D eigenvalue weighted by Gasteiger charge is 2.30. The molecule has 26 heavy (non-hydrogen) atoms. The molecular formula is C19H23N3O3S. The topological polar surface area (TPSA) is 81.1 Å². The fraction of sp³-hybridized carbons (Fsp3) is 0.474. The lowest BCUT2D eigenvalue weighted by Gasteiger charge is -2.14. The molecule has 0 bridgehead atoms. The maximum atomic E-state index is 12.7. The van der Waals surface area contributed by atoms with E-state index >= 15 is 0 Å². The molecule has 1 aliphatic carbocycles. The summed E-state index contributed by atoms with van der Waals surface area (Å²) in [5.41, 5.74) is 4.50. The molecule has 1 N–H and O–H groups in total. The summed E-state index contributed by atoms with van der Waals surface area (Å²) in [5, 5.41) is 7.31. The summed E-state index contributed by atoms with van der Waals surface area (Å²) in [4.78, 5) is 12.7. The number of amides is 1. The molecule has 0 saturated carbocycles. The van der Waals surface area contributed by atoms with Gasteiger partial charge in [-0.3, -0.25) is 9.48 Å². The molecule has 2 heterocycles. The SMILES string of the molecule is Cn1nc2c(c1C(=O)NCC[C@H]1CCc3ccccc31)CS(=O)(=O)CC2. The molecule has 7 heteroatoms. The molecule has 0 unspecified atom stereocenters. The van der Waals surface area contributed by atoms with Gasteiger partial charge >= 0.3 is 0 Å². The van der Waals surface area contributed by atoms with Crippen LogP contribution in [0, 0.1) is 0 Å². The second-order valence-corrected chi connectivity index (χ2v) is 9.40. The van der Waals surface area contributed by atoms with Crippen LogP contribution in [-0.2, 0) is 35.5 Å². The number of nitrogens with one attached hydrogen (secondary N) is 1. The Hall–Kier alpha value is -2.15. The van der Waals surface area contributed by atoms with E-state index in [1.807, 2.05) is 0 Å². The first-order valence-electron chi connectivity index (χ1n) is 9.06. The van der Waals surface area contributed by atoms with Crippen molar-refractivity contribution in [2.75, 3.05) is 12.3 Å². The molecule has 2 aromatic rings. The summed E-state index contributed by atoms with van der Waals surface area (Å²) < 4.78 is 25.4. The number of benzene rings is 1. The van der Waals surface area contributed by atoms with Crippen molar-refractivity contribution >= 4 is 15.7 Å². The van der Waals surface area contributed by atoms with Crippen LogP contribution in [0.5, 0.6) is 0 Å². The van der Waals surface area contributed by atoms with E-state index in [0.717, 1.165) is 25.0 Å². The van der Waals surface area contributed by atoms with Crippen LogP contribution in [0.25, 0.3) is 0 Å². The Balaban J connectivity index is 1.43. The molecular weight excluding hydrogens is 350 g/mol. The van der Waals surface area contributed by atoms with Gasteiger partial charge in [-0.1, -0.05) is 24.3 Å². The second-order valence-electron chi connectivity index (χ2n) is 7.22. The van der Waals surface area contributed by atoms with Crippen molar-refractivity contribution < 1.29 is 13.2 Å². The van der Waals surface area contributed by atoms with Gasteiger partial charge in [0.25, 0.3) is 5.91 Å². The number of hydrogen-bond donors (Lipinski definition) is 1. The van der Waals surface area contributed by atoms with E-state index in [9.17, 15) is 13.2 Å². The number of aryl methyl sites for hydroxylation is 3. The second kappa shape index (κ2) is 6.54.